The molecule has 0 spiro atoms. The Kier molecular flexibility index (Phi) is 5.97. The van der Waals surface area contributed by atoms with E-state index in [0.29, 0.717) is 17.6 Å². The van der Waals surface area contributed by atoms with E-state index < -0.39 is 9.84 Å². The maximum absolute atomic E-state index is 11.4. The van der Waals surface area contributed by atoms with Crippen LogP contribution < -0.4 is 0 Å². The molecule has 0 fully saturated rings. The first-order chi connectivity index (χ1) is 5.87. The molecule has 0 aromatic heterocycles. The van der Waals surface area contributed by atoms with Crippen molar-refractivity contribution in [3.63, 3.8) is 0 Å². The third-order valence-corrected chi connectivity index (χ3v) is 4.27. The summed E-state index contributed by atoms with van der Waals surface area (Å²) in [6, 6.07) is 0. The number of halogens is 1. The second-order valence-corrected chi connectivity index (χ2v) is 6.59. The van der Waals surface area contributed by atoms with Crippen LogP contribution in [0.5, 0.6) is 0 Å². The Morgan fingerprint density at radius 1 is 1.23 bits per heavy atom. The van der Waals surface area contributed by atoms with Gasteiger partial charge in [-0.05, 0) is 18.3 Å². The van der Waals surface area contributed by atoms with Gasteiger partial charge >= 0.3 is 0 Å². The summed E-state index contributed by atoms with van der Waals surface area (Å²) in [5.41, 5.74) is 0. The van der Waals surface area contributed by atoms with E-state index >= 15 is 0 Å². The molecule has 0 heterocycles. The highest BCUT2D eigenvalue weighted by Crippen LogP contribution is 2.08. The fraction of sp³-hybridized carbons (Fsp3) is 1.00. The van der Waals surface area contributed by atoms with Crippen molar-refractivity contribution in [2.45, 2.75) is 27.2 Å². The molecule has 80 valence electrons. The molecule has 13 heavy (non-hydrogen) atoms. The Bertz CT molecular complexity index is 222. The lowest BCUT2D eigenvalue weighted by Gasteiger charge is -2.09. The zero-order valence-electron chi connectivity index (χ0n) is 8.59. The van der Waals surface area contributed by atoms with Crippen molar-refractivity contribution in [3.05, 3.63) is 0 Å². The Labute approximate surface area is 86.6 Å². The van der Waals surface area contributed by atoms with E-state index in [1.54, 1.807) is 0 Å². The smallest absolute Gasteiger partial charge is 0.150 e. The number of rotatable bonds is 6. The van der Waals surface area contributed by atoms with Crippen molar-refractivity contribution in [1.29, 1.82) is 0 Å². The molecule has 0 aliphatic rings. The van der Waals surface area contributed by atoms with E-state index in [0.717, 1.165) is 6.42 Å². The highest BCUT2D eigenvalue weighted by atomic mass is 35.5. The highest BCUT2D eigenvalue weighted by molar-refractivity contribution is 7.91. The molecule has 0 aromatic carbocycles. The monoisotopic (exact) mass is 226 g/mol. The molecule has 0 bridgehead atoms. The van der Waals surface area contributed by atoms with Crippen LogP contribution in [-0.4, -0.2) is 25.8 Å². The van der Waals surface area contributed by atoms with Gasteiger partial charge in [0.2, 0.25) is 0 Å². The molecule has 1 unspecified atom stereocenters. The summed E-state index contributed by atoms with van der Waals surface area (Å²) in [4.78, 5) is 0. The standard InChI is InChI=1S/C9H19ClO2S/c1-8(2)4-5-13(11,12)7-9(3)6-10/h8-9H,4-7H2,1-3H3. The minimum Gasteiger partial charge on any atom is -0.229 e. The van der Waals surface area contributed by atoms with Crippen LogP contribution in [0.15, 0.2) is 0 Å². The van der Waals surface area contributed by atoms with Gasteiger partial charge < -0.3 is 0 Å². The molecule has 0 radical (unpaired) electrons. The molecule has 0 saturated heterocycles. The first-order valence-electron chi connectivity index (χ1n) is 4.63. The first kappa shape index (κ1) is 13.2. The minimum absolute atomic E-state index is 0.0684. The number of sulfone groups is 1. The summed E-state index contributed by atoms with van der Waals surface area (Å²) < 4.78 is 22.9. The Morgan fingerprint density at radius 2 is 1.77 bits per heavy atom. The van der Waals surface area contributed by atoms with Gasteiger partial charge in [0.15, 0.2) is 9.84 Å². The van der Waals surface area contributed by atoms with Gasteiger partial charge in [0, 0.05) is 5.88 Å². The average Bonchev–Trinajstić information content (AvgIpc) is 2.00. The first-order valence-corrected chi connectivity index (χ1v) is 6.99. The second-order valence-electron chi connectivity index (χ2n) is 4.06. The molecular weight excluding hydrogens is 208 g/mol. The van der Waals surface area contributed by atoms with Gasteiger partial charge in [0.1, 0.15) is 0 Å². The molecule has 0 rings (SSSR count). The molecule has 0 amide bonds. The summed E-state index contributed by atoms with van der Waals surface area (Å²) in [7, 11) is -2.87. The zero-order valence-corrected chi connectivity index (χ0v) is 10.2. The van der Waals surface area contributed by atoms with Crippen LogP contribution in [0.25, 0.3) is 0 Å². The molecule has 0 aromatic rings. The van der Waals surface area contributed by atoms with Gasteiger partial charge in [-0.25, -0.2) is 8.42 Å². The summed E-state index contributed by atoms with van der Waals surface area (Å²) in [5.74, 6) is 1.45. The predicted molar refractivity (Wildman–Crippen MR) is 58.0 cm³/mol. The lowest BCUT2D eigenvalue weighted by Crippen LogP contribution is -2.18. The van der Waals surface area contributed by atoms with Gasteiger partial charge in [0.25, 0.3) is 0 Å². The molecule has 4 heteroatoms. The lowest BCUT2D eigenvalue weighted by atomic mass is 10.2. The molecule has 0 aliphatic heterocycles. The number of alkyl halides is 1. The third-order valence-electron chi connectivity index (χ3n) is 1.81. The summed E-state index contributed by atoms with van der Waals surface area (Å²) >= 11 is 5.56. The molecular formula is C9H19ClO2S. The molecule has 0 aliphatic carbocycles. The SMILES string of the molecule is CC(C)CCS(=O)(=O)CC(C)CCl. The zero-order chi connectivity index (χ0) is 10.5. The van der Waals surface area contributed by atoms with Gasteiger partial charge in [-0.2, -0.15) is 0 Å². The van der Waals surface area contributed by atoms with Crippen LogP contribution in [-0.2, 0) is 9.84 Å². The highest BCUT2D eigenvalue weighted by Gasteiger charge is 2.15. The Hall–Kier alpha value is 0.240. The van der Waals surface area contributed by atoms with Crippen molar-refractivity contribution >= 4 is 21.4 Å². The predicted octanol–water partition coefficient (Wildman–Crippen LogP) is 2.32. The quantitative estimate of drug-likeness (QED) is 0.652. The van der Waals surface area contributed by atoms with Crippen LogP contribution in [0.3, 0.4) is 0 Å². The summed E-state index contributed by atoms with van der Waals surface area (Å²) in [6.07, 6.45) is 0.747. The van der Waals surface area contributed by atoms with Crippen molar-refractivity contribution in [3.8, 4) is 0 Å². The van der Waals surface area contributed by atoms with Gasteiger partial charge in [-0.1, -0.05) is 20.8 Å². The van der Waals surface area contributed by atoms with Crippen molar-refractivity contribution in [1.82, 2.24) is 0 Å². The minimum atomic E-state index is -2.87. The van der Waals surface area contributed by atoms with Crippen LogP contribution in [0, 0.1) is 11.8 Å². The van der Waals surface area contributed by atoms with Crippen molar-refractivity contribution in [2.24, 2.45) is 11.8 Å². The summed E-state index contributed by atoms with van der Waals surface area (Å²) in [5, 5.41) is 0. The van der Waals surface area contributed by atoms with Crippen LogP contribution >= 0.6 is 11.6 Å². The third kappa shape index (κ3) is 7.32. The molecule has 0 N–H and O–H groups in total. The Balaban J connectivity index is 3.95. The fourth-order valence-electron chi connectivity index (χ4n) is 0.977. The topological polar surface area (TPSA) is 34.1 Å². The van der Waals surface area contributed by atoms with E-state index in [1.165, 1.54) is 0 Å². The van der Waals surface area contributed by atoms with E-state index in [1.807, 2.05) is 20.8 Å². The van der Waals surface area contributed by atoms with Crippen molar-refractivity contribution in [2.75, 3.05) is 17.4 Å². The Morgan fingerprint density at radius 3 is 2.15 bits per heavy atom. The second kappa shape index (κ2) is 5.86. The van der Waals surface area contributed by atoms with Crippen LogP contribution in [0.1, 0.15) is 27.2 Å². The summed E-state index contributed by atoms with van der Waals surface area (Å²) in [6.45, 7) is 5.92. The molecule has 1 atom stereocenters. The molecule has 0 saturated carbocycles. The van der Waals surface area contributed by atoms with E-state index in [9.17, 15) is 8.42 Å². The lowest BCUT2D eigenvalue weighted by molar-refractivity contribution is 0.564. The van der Waals surface area contributed by atoms with Gasteiger partial charge in [-0.3, -0.25) is 0 Å². The van der Waals surface area contributed by atoms with Gasteiger partial charge in [0.05, 0.1) is 11.5 Å². The van der Waals surface area contributed by atoms with E-state index in [2.05, 4.69) is 0 Å². The maximum Gasteiger partial charge on any atom is 0.150 e. The molecule has 2 nitrogen and oxygen atoms in total. The van der Waals surface area contributed by atoms with Crippen LogP contribution in [0.2, 0.25) is 0 Å². The van der Waals surface area contributed by atoms with Crippen molar-refractivity contribution < 1.29 is 8.42 Å². The maximum atomic E-state index is 11.4. The normalized spacial score (nSPS) is 14.8. The number of hydrogen-bond donors (Lipinski definition) is 0. The largest absolute Gasteiger partial charge is 0.229 e. The number of hydrogen-bond acceptors (Lipinski definition) is 2. The fourth-order valence-corrected chi connectivity index (χ4v) is 3.20. The van der Waals surface area contributed by atoms with Crippen LogP contribution in [0.4, 0.5) is 0 Å². The average molecular weight is 227 g/mol. The van der Waals surface area contributed by atoms with E-state index in [-0.39, 0.29) is 11.7 Å². The van der Waals surface area contributed by atoms with E-state index in [4.69, 9.17) is 11.6 Å². The van der Waals surface area contributed by atoms with Gasteiger partial charge in [-0.15, -0.1) is 11.6 Å².